The van der Waals surface area contributed by atoms with Crippen molar-refractivity contribution in [3.8, 4) is 0 Å². The third kappa shape index (κ3) is 3.78. The molecule has 1 N–H and O–H groups in total. The Balaban J connectivity index is 2.68. The number of likely N-dealkylation sites (N-methyl/N-ethyl adjacent to an activating group) is 1. The molecule has 0 bridgehead atoms. The van der Waals surface area contributed by atoms with E-state index in [0.29, 0.717) is 6.42 Å². The zero-order chi connectivity index (χ0) is 13.8. The lowest BCUT2D eigenvalue weighted by Crippen LogP contribution is -2.41. The number of carboxylic acids is 1. The fraction of sp³-hybridized carbons (Fsp3) is 0.455. The second-order valence-corrected chi connectivity index (χ2v) is 6.10. The Morgan fingerprint density at radius 2 is 2.00 bits per heavy atom. The van der Waals surface area contributed by atoms with Crippen LogP contribution >= 0.6 is 0 Å². The Labute approximate surface area is 106 Å². The van der Waals surface area contributed by atoms with Gasteiger partial charge >= 0.3 is 5.97 Å². The van der Waals surface area contributed by atoms with E-state index in [2.05, 4.69) is 4.98 Å². The summed E-state index contributed by atoms with van der Waals surface area (Å²) >= 11 is 0. The normalized spacial score (nSPS) is 13.5. The first-order valence-electron chi connectivity index (χ1n) is 5.42. The van der Waals surface area contributed by atoms with Crippen LogP contribution in [-0.4, -0.2) is 47.6 Å². The minimum absolute atomic E-state index is 0.120. The number of carbonyl (C=O) groups is 1. The fourth-order valence-corrected chi connectivity index (χ4v) is 2.69. The summed E-state index contributed by atoms with van der Waals surface area (Å²) in [4.78, 5) is 14.6. The number of hydrogen-bond donors (Lipinski definition) is 1. The predicted molar refractivity (Wildman–Crippen MR) is 66.6 cm³/mol. The molecular formula is C11H16N2O4S. The number of rotatable bonds is 6. The van der Waals surface area contributed by atoms with Gasteiger partial charge in [0.05, 0.1) is 5.75 Å². The summed E-state index contributed by atoms with van der Waals surface area (Å²) in [6, 6.07) is 2.40. The Morgan fingerprint density at radius 1 is 1.44 bits per heavy atom. The zero-order valence-corrected chi connectivity index (χ0v) is 11.1. The van der Waals surface area contributed by atoms with Gasteiger partial charge in [0, 0.05) is 19.4 Å². The summed E-state index contributed by atoms with van der Waals surface area (Å²) < 4.78 is 24.7. The third-order valence-electron chi connectivity index (χ3n) is 2.74. The maximum Gasteiger partial charge on any atom is 0.321 e. The van der Waals surface area contributed by atoms with Gasteiger partial charge in [-0.2, -0.15) is 4.31 Å². The Bertz CT molecular complexity index is 501. The first kappa shape index (κ1) is 14.6. The van der Waals surface area contributed by atoms with Crippen molar-refractivity contribution in [3.05, 3.63) is 30.1 Å². The molecule has 1 atom stereocenters. The van der Waals surface area contributed by atoms with Gasteiger partial charge in [-0.15, -0.1) is 0 Å². The highest BCUT2D eigenvalue weighted by atomic mass is 32.2. The molecule has 1 rings (SSSR count). The predicted octanol–water partition coefficient (Wildman–Crippen LogP) is 0.359. The number of carboxylic acid groups (broad SMARTS) is 1. The number of aliphatic carboxylic acids is 1. The summed E-state index contributed by atoms with van der Waals surface area (Å²) in [6.45, 7) is 1.34. The molecule has 0 aliphatic heterocycles. The van der Waals surface area contributed by atoms with Gasteiger partial charge in [-0.25, -0.2) is 8.42 Å². The van der Waals surface area contributed by atoms with Crippen LogP contribution in [0.1, 0.15) is 12.5 Å². The van der Waals surface area contributed by atoms with Crippen molar-refractivity contribution < 1.29 is 18.3 Å². The lowest BCUT2D eigenvalue weighted by atomic mass is 10.2. The smallest absolute Gasteiger partial charge is 0.321 e. The van der Waals surface area contributed by atoms with E-state index in [4.69, 9.17) is 5.11 Å². The van der Waals surface area contributed by atoms with E-state index in [1.807, 2.05) is 0 Å². The van der Waals surface area contributed by atoms with Crippen LogP contribution in [0.3, 0.4) is 0 Å². The van der Waals surface area contributed by atoms with E-state index in [9.17, 15) is 13.2 Å². The Morgan fingerprint density at radius 3 is 2.50 bits per heavy atom. The van der Waals surface area contributed by atoms with Gasteiger partial charge in [0.1, 0.15) is 6.04 Å². The first-order valence-corrected chi connectivity index (χ1v) is 7.03. The highest BCUT2D eigenvalue weighted by Gasteiger charge is 2.27. The molecule has 7 heteroatoms. The Hall–Kier alpha value is -1.47. The molecule has 1 aromatic heterocycles. The van der Waals surface area contributed by atoms with E-state index in [0.717, 1.165) is 9.87 Å². The van der Waals surface area contributed by atoms with Crippen LogP contribution < -0.4 is 0 Å². The summed E-state index contributed by atoms with van der Waals surface area (Å²) in [7, 11) is -2.29. The number of sulfonamides is 1. The lowest BCUT2D eigenvalue weighted by molar-refractivity contribution is -0.140. The van der Waals surface area contributed by atoms with Crippen LogP contribution in [-0.2, 0) is 21.2 Å². The van der Waals surface area contributed by atoms with Crippen molar-refractivity contribution in [1.29, 1.82) is 0 Å². The van der Waals surface area contributed by atoms with Crippen LogP contribution in [0.2, 0.25) is 0 Å². The molecule has 0 fully saturated rings. The monoisotopic (exact) mass is 272 g/mol. The molecule has 6 nitrogen and oxygen atoms in total. The molecule has 0 amide bonds. The van der Waals surface area contributed by atoms with Crippen LogP contribution in [0.15, 0.2) is 24.5 Å². The summed E-state index contributed by atoms with van der Waals surface area (Å²) in [5.74, 6) is -1.28. The molecule has 0 saturated heterocycles. The van der Waals surface area contributed by atoms with Crippen LogP contribution in [0, 0.1) is 0 Å². The maximum atomic E-state index is 11.9. The van der Waals surface area contributed by atoms with Gasteiger partial charge < -0.3 is 5.11 Å². The molecule has 1 unspecified atom stereocenters. The standard InChI is InChI=1S/C11H16N2O4S/c1-9(11(14)15)13(2)18(16,17)8-5-10-3-6-12-7-4-10/h3-4,6-7,9H,5,8H2,1-2H3,(H,14,15). The molecule has 0 saturated carbocycles. The highest BCUT2D eigenvalue weighted by Crippen LogP contribution is 2.08. The van der Waals surface area contributed by atoms with Crippen molar-refractivity contribution in [2.45, 2.75) is 19.4 Å². The lowest BCUT2D eigenvalue weighted by Gasteiger charge is -2.20. The number of hydrogen-bond acceptors (Lipinski definition) is 4. The maximum absolute atomic E-state index is 11.9. The van der Waals surface area contributed by atoms with E-state index >= 15 is 0 Å². The minimum Gasteiger partial charge on any atom is -0.480 e. The summed E-state index contributed by atoms with van der Waals surface area (Å²) in [5.41, 5.74) is 0.852. The second kappa shape index (κ2) is 5.92. The van der Waals surface area contributed by atoms with Gasteiger partial charge in [-0.3, -0.25) is 9.78 Å². The van der Waals surface area contributed by atoms with Crippen molar-refractivity contribution in [3.63, 3.8) is 0 Å². The molecule has 1 aromatic rings. The van der Waals surface area contributed by atoms with E-state index in [1.54, 1.807) is 24.5 Å². The first-order chi connectivity index (χ1) is 8.34. The zero-order valence-electron chi connectivity index (χ0n) is 10.3. The van der Waals surface area contributed by atoms with Gasteiger partial charge in [-0.05, 0) is 31.0 Å². The van der Waals surface area contributed by atoms with Gasteiger partial charge in [0.2, 0.25) is 10.0 Å². The largest absolute Gasteiger partial charge is 0.480 e. The highest BCUT2D eigenvalue weighted by molar-refractivity contribution is 7.89. The van der Waals surface area contributed by atoms with Crippen molar-refractivity contribution in [2.24, 2.45) is 0 Å². The van der Waals surface area contributed by atoms with E-state index in [-0.39, 0.29) is 5.75 Å². The molecular weight excluding hydrogens is 256 g/mol. The second-order valence-electron chi connectivity index (χ2n) is 3.95. The average Bonchev–Trinajstić information content (AvgIpc) is 2.35. The molecule has 0 aliphatic rings. The van der Waals surface area contributed by atoms with Gasteiger partial charge in [0.15, 0.2) is 0 Å². The molecule has 0 aromatic carbocycles. The Kier molecular flexibility index (Phi) is 4.80. The fourth-order valence-electron chi connectivity index (χ4n) is 1.34. The van der Waals surface area contributed by atoms with E-state index in [1.165, 1.54) is 14.0 Å². The van der Waals surface area contributed by atoms with E-state index < -0.39 is 22.0 Å². The van der Waals surface area contributed by atoms with Crippen LogP contribution in [0.25, 0.3) is 0 Å². The molecule has 100 valence electrons. The number of aryl methyl sites for hydroxylation is 1. The van der Waals surface area contributed by atoms with Crippen LogP contribution in [0.5, 0.6) is 0 Å². The number of aromatic nitrogens is 1. The van der Waals surface area contributed by atoms with Crippen molar-refractivity contribution in [1.82, 2.24) is 9.29 Å². The average molecular weight is 272 g/mol. The third-order valence-corrected chi connectivity index (χ3v) is 4.65. The number of pyridine rings is 1. The number of nitrogens with zero attached hydrogens (tertiary/aromatic N) is 2. The minimum atomic E-state index is -3.57. The molecule has 0 radical (unpaired) electrons. The van der Waals surface area contributed by atoms with Gasteiger partial charge in [0.25, 0.3) is 0 Å². The summed E-state index contributed by atoms with van der Waals surface area (Å²) in [5, 5.41) is 8.79. The molecule has 1 heterocycles. The topological polar surface area (TPSA) is 87.6 Å². The van der Waals surface area contributed by atoms with Crippen molar-refractivity contribution in [2.75, 3.05) is 12.8 Å². The molecule has 18 heavy (non-hydrogen) atoms. The van der Waals surface area contributed by atoms with Gasteiger partial charge in [-0.1, -0.05) is 0 Å². The molecule has 0 aliphatic carbocycles. The van der Waals surface area contributed by atoms with Crippen LogP contribution in [0.4, 0.5) is 0 Å². The van der Waals surface area contributed by atoms with Crippen molar-refractivity contribution >= 4 is 16.0 Å². The summed E-state index contributed by atoms with van der Waals surface area (Å²) in [6.07, 6.45) is 3.51. The SMILES string of the molecule is CC(C(=O)O)N(C)S(=O)(=O)CCc1ccncc1. The molecule has 0 spiro atoms. The quantitative estimate of drug-likeness (QED) is 0.807.